The van der Waals surface area contributed by atoms with Gasteiger partial charge in [-0.3, -0.25) is 9.48 Å². The summed E-state index contributed by atoms with van der Waals surface area (Å²) in [5.74, 6) is -0.0110. The van der Waals surface area contributed by atoms with E-state index in [9.17, 15) is 9.59 Å². The van der Waals surface area contributed by atoms with Gasteiger partial charge < -0.3 is 13.6 Å². The van der Waals surface area contributed by atoms with E-state index in [2.05, 4.69) is 10.2 Å². The SMILES string of the molecule is O=C(OCC(=O)N1N=C(c2ccco2)CC1c1ccco1)c1cnn(Cc2ccccc2Cl)c1. The number of carbonyl (C=O) groups is 2. The van der Waals surface area contributed by atoms with Crippen molar-refractivity contribution in [3.05, 3.63) is 101 Å². The smallest absolute Gasteiger partial charge is 0.341 e. The van der Waals surface area contributed by atoms with Crippen LogP contribution in [0.2, 0.25) is 5.02 Å². The van der Waals surface area contributed by atoms with E-state index in [4.69, 9.17) is 25.2 Å². The summed E-state index contributed by atoms with van der Waals surface area (Å²) >= 11 is 6.18. The average molecular weight is 479 g/mol. The maximum atomic E-state index is 12.9. The first-order valence-corrected chi connectivity index (χ1v) is 10.9. The number of benzene rings is 1. The summed E-state index contributed by atoms with van der Waals surface area (Å²) in [6.07, 6.45) is 6.42. The third-order valence-corrected chi connectivity index (χ3v) is 5.70. The molecule has 0 saturated heterocycles. The zero-order valence-corrected chi connectivity index (χ0v) is 18.6. The Labute approximate surface area is 199 Å². The second-order valence-corrected chi connectivity index (χ2v) is 8.00. The molecule has 1 aliphatic heterocycles. The van der Waals surface area contributed by atoms with Gasteiger partial charge in [-0.05, 0) is 35.9 Å². The van der Waals surface area contributed by atoms with Crippen molar-refractivity contribution in [1.29, 1.82) is 0 Å². The minimum absolute atomic E-state index is 0.226. The van der Waals surface area contributed by atoms with E-state index in [1.54, 1.807) is 41.2 Å². The molecule has 5 rings (SSSR count). The first-order chi connectivity index (χ1) is 16.6. The number of furan rings is 2. The topological polar surface area (TPSA) is 103 Å². The van der Waals surface area contributed by atoms with E-state index in [-0.39, 0.29) is 5.56 Å². The molecule has 1 aliphatic rings. The lowest BCUT2D eigenvalue weighted by atomic mass is 10.1. The summed E-state index contributed by atoms with van der Waals surface area (Å²) in [5.41, 5.74) is 1.70. The monoisotopic (exact) mass is 478 g/mol. The normalized spacial score (nSPS) is 15.4. The predicted octanol–water partition coefficient (Wildman–Crippen LogP) is 4.31. The van der Waals surface area contributed by atoms with Crippen LogP contribution in [0.4, 0.5) is 0 Å². The molecule has 172 valence electrons. The molecule has 4 heterocycles. The first-order valence-electron chi connectivity index (χ1n) is 10.5. The quantitative estimate of drug-likeness (QED) is 0.367. The molecule has 0 spiro atoms. The number of hydrazone groups is 1. The van der Waals surface area contributed by atoms with Crippen molar-refractivity contribution in [2.75, 3.05) is 6.61 Å². The molecule has 0 aliphatic carbocycles. The summed E-state index contributed by atoms with van der Waals surface area (Å²) in [4.78, 5) is 25.4. The lowest BCUT2D eigenvalue weighted by Gasteiger charge is -2.19. The summed E-state index contributed by atoms with van der Waals surface area (Å²) < 4.78 is 17.7. The summed E-state index contributed by atoms with van der Waals surface area (Å²) in [7, 11) is 0. The summed E-state index contributed by atoms with van der Waals surface area (Å²) in [6.45, 7) is -0.0879. The third kappa shape index (κ3) is 4.51. The molecule has 1 atom stereocenters. The van der Waals surface area contributed by atoms with Gasteiger partial charge in [-0.1, -0.05) is 29.8 Å². The van der Waals surface area contributed by atoms with Gasteiger partial charge in [0.2, 0.25) is 0 Å². The van der Waals surface area contributed by atoms with Gasteiger partial charge in [-0.2, -0.15) is 10.2 Å². The maximum Gasteiger partial charge on any atom is 0.341 e. The molecule has 1 unspecified atom stereocenters. The maximum absolute atomic E-state index is 12.9. The largest absolute Gasteiger partial charge is 0.467 e. The molecule has 10 heteroatoms. The number of carbonyl (C=O) groups excluding carboxylic acids is 2. The van der Waals surface area contributed by atoms with Crippen molar-refractivity contribution in [3.63, 3.8) is 0 Å². The Bertz CT molecular complexity index is 1330. The zero-order chi connectivity index (χ0) is 23.5. The molecule has 3 aromatic heterocycles. The van der Waals surface area contributed by atoms with Crippen LogP contribution in [0.5, 0.6) is 0 Å². The number of nitrogens with zero attached hydrogens (tertiary/aromatic N) is 4. The molecule has 0 fully saturated rings. The highest BCUT2D eigenvalue weighted by Gasteiger charge is 2.36. The molecule has 0 saturated carbocycles. The van der Waals surface area contributed by atoms with Crippen molar-refractivity contribution in [1.82, 2.24) is 14.8 Å². The Hall–Kier alpha value is -4.11. The number of rotatable bonds is 7. The minimum Gasteiger partial charge on any atom is -0.467 e. The molecule has 1 aromatic carbocycles. The average Bonchev–Trinajstić information content (AvgIpc) is 3.64. The van der Waals surface area contributed by atoms with Gasteiger partial charge in [0.05, 0.1) is 30.8 Å². The van der Waals surface area contributed by atoms with E-state index in [1.165, 1.54) is 23.7 Å². The molecule has 34 heavy (non-hydrogen) atoms. The standard InChI is InChI=1S/C24H19ClN4O5/c25-18-6-2-1-5-16(18)13-28-14-17(12-26-28)24(31)34-15-23(30)29-20(22-8-4-10-33-22)11-19(27-29)21-7-3-9-32-21/h1-10,12,14,20H,11,13,15H2. The lowest BCUT2D eigenvalue weighted by Crippen LogP contribution is -2.31. The molecule has 0 N–H and O–H groups in total. The summed E-state index contributed by atoms with van der Waals surface area (Å²) in [5, 5.41) is 10.5. The number of hydrogen-bond donors (Lipinski definition) is 0. The van der Waals surface area contributed by atoms with Crippen LogP contribution in [0.3, 0.4) is 0 Å². The van der Waals surface area contributed by atoms with Gasteiger partial charge in [0.25, 0.3) is 5.91 Å². The molecule has 1 amide bonds. The van der Waals surface area contributed by atoms with E-state index >= 15 is 0 Å². The van der Waals surface area contributed by atoms with Gasteiger partial charge >= 0.3 is 5.97 Å². The number of ether oxygens (including phenoxy) is 1. The Morgan fingerprint density at radius 2 is 1.91 bits per heavy atom. The van der Waals surface area contributed by atoms with Crippen LogP contribution < -0.4 is 0 Å². The molecule has 0 radical (unpaired) electrons. The van der Waals surface area contributed by atoms with Gasteiger partial charge in [0, 0.05) is 17.6 Å². The second kappa shape index (κ2) is 9.40. The van der Waals surface area contributed by atoms with Gasteiger partial charge in [0.1, 0.15) is 23.3 Å². The van der Waals surface area contributed by atoms with Crippen LogP contribution in [-0.2, 0) is 16.1 Å². The second-order valence-electron chi connectivity index (χ2n) is 7.59. The Morgan fingerprint density at radius 3 is 2.68 bits per heavy atom. The van der Waals surface area contributed by atoms with Crippen LogP contribution in [0, 0.1) is 0 Å². The third-order valence-electron chi connectivity index (χ3n) is 5.33. The number of halogens is 1. The van der Waals surface area contributed by atoms with Crippen molar-refractivity contribution in [2.24, 2.45) is 5.10 Å². The van der Waals surface area contributed by atoms with Crippen LogP contribution in [0.15, 0.2) is 87.4 Å². The Balaban J connectivity index is 1.24. The first kappa shape index (κ1) is 21.7. The Kier molecular flexibility index (Phi) is 6.01. The molecular formula is C24H19ClN4O5. The zero-order valence-electron chi connectivity index (χ0n) is 17.8. The van der Waals surface area contributed by atoms with Gasteiger partial charge in [-0.15, -0.1) is 0 Å². The molecular weight excluding hydrogens is 460 g/mol. The van der Waals surface area contributed by atoms with E-state index < -0.39 is 24.5 Å². The predicted molar refractivity (Wildman–Crippen MR) is 121 cm³/mol. The van der Waals surface area contributed by atoms with Crippen molar-refractivity contribution in [3.8, 4) is 0 Å². The minimum atomic E-state index is -0.664. The van der Waals surface area contributed by atoms with Crippen LogP contribution in [0.1, 0.15) is 39.9 Å². The summed E-state index contributed by atoms with van der Waals surface area (Å²) in [6, 6.07) is 13.9. The fraction of sp³-hybridized carbons (Fsp3) is 0.167. The van der Waals surface area contributed by atoms with Crippen molar-refractivity contribution in [2.45, 2.75) is 19.0 Å². The van der Waals surface area contributed by atoms with Gasteiger partial charge in [0.15, 0.2) is 6.61 Å². The molecule has 9 nitrogen and oxygen atoms in total. The number of esters is 1. The molecule has 4 aromatic rings. The van der Waals surface area contributed by atoms with Crippen LogP contribution in [-0.4, -0.2) is 39.0 Å². The number of amides is 1. The molecule has 0 bridgehead atoms. The van der Waals surface area contributed by atoms with Crippen molar-refractivity contribution >= 4 is 29.2 Å². The number of aromatic nitrogens is 2. The van der Waals surface area contributed by atoms with E-state index in [0.29, 0.717) is 35.2 Å². The highest BCUT2D eigenvalue weighted by molar-refractivity contribution is 6.31. The fourth-order valence-electron chi connectivity index (χ4n) is 3.67. The highest BCUT2D eigenvalue weighted by atomic mass is 35.5. The fourth-order valence-corrected chi connectivity index (χ4v) is 3.86. The van der Waals surface area contributed by atoms with Crippen LogP contribution in [0.25, 0.3) is 0 Å². The highest BCUT2D eigenvalue weighted by Crippen LogP contribution is 2.33. The lowest BCUT2D eigenvalue weighted by molar-refractivity contribution is -0.136. The van der Waals surface area contributed by atoms with Gasteiger partial charge in [-0.25, -0.2) is 9.80 Å². The Morgan fingerprint density at radius 1 is 1.09 bits per heavy atom. The number of hydrogen-bond acceptors (Lipinski definition) is 7. The van der Waals surface area contributed by atoms with Crippen LogP contribution >= 0.6 is 11.6 Å². The van der Waals surface area contributed by atoms with E-state index in [1.807, 2.05) is 18.2 Å². The van der Waals surface area contributed by atoms with E-state index in [0.717, 1.165) is 5.56 Å². The van der Waals surface area contributed by atoms with Crippen molar-refractivity contribution < 1.29 is 23.2 Å².